The highest BCUT2D eigenvalue weighted by Gasteiger charge is 2.29. The number of carbonyl (C=O) groups is 1. The molecule has 0 heterocycles. The quantitative estimate of drug-likeness (QED) is 0.787. The summed E-state index contributed by atoms with van der Waals surface area (Å²) in [5.74, 6) is 0.991. The maximum absolute atomic E-state index is 11.8. The molecule has 4 heteroatoms. The molecule has 1 aliphatic carbocycles. The minimum atomic E-state index is -0.527. The lowest BCUT2D eigenvalue weighted by molar-refractivity contribution is -0.127. The topological polar surface area (TPSA) is 58.6 Å². The highest BCUT2D eigenvalue weighted by Crippen LogP contribution is 2.33. The summed E-state index contributed by atoms with van der Waals surface area (Å²) in [6, 6.07) is 9.27. The number of nitrogens with one attached hydrogen (secondary N) is 1. The molecular weight excluding hydrogens is 242 g/mol. The Balaban J connectivity index is 1.67. The summed E-state index contributed by atoms with van der Waals surface area (Å²) in [4.78, 5) is 11.8. The normalized spacial score (nSPS) is 17.6. The smallest absolute Gasteiger partial charge is 0.260 e. The van der Waals surface area contributed by atoms with Gasteiger partial charge in [-0.1, -0.05) is 18.2 Å². The molecule has 1 saturated carbocycles. The van der Waals surface area contributed by atoms with E-state index in [0.29, 0.717) is 24.6 Å². The zero-order valence-corrected chi connectivity index (χ0v) is 11.2. The van der Waals surface area contributed by atoms with E-state index in [1.165, 1.54) is 0 Å². The van der Waals surface area contributed by atoms with Gasteiger partial charge in [0.1, 0.15) is 5.75 Å². The minimum Gasteiger partial charge on any atom is -0.481 e. The molecule has 104 valence electrons. The van der Waals surface area contributed by atoms with Crippen LogP contribution in [0.4, 0.5) is 0 Å². The molecule has 1 aromatic carbocycles. The first kappa shape index (κ1) is 13.9. The van der Waals surface area contributed by atoms with E-state index in [9.17, 15) is 9.90 Å². The maximum Gasteiger partial charge on any atom is 0.260 e. The third-order valence-corrected chi connectivity index (χ3v) is 3.33. The Morgan fingerprint density at radius 3 is 2.74 bits per heavy atom. The third kappa shape index (κ3) is 4.56. The van der Waals surface area contributed by atoms with Gasteiger partial charge in [0, 0.05) is 6.54 Å². The average Bonchev–Trinajstić information content (AvgIpc) is 3.24. The van der Waals surface area contributed by atoms with Crippen LogP contribution in [0.3, 0.4) is 0 Å². The van der Waals surface area contributed by atoms with Gasteiger partial charge in [-0.3, -0.25) is 4.79 Å². The van der Waals surface area contributed by atoms with Crippen molar-refractivity contribution in [1.29, 1.82) is 0 Å². The number of benzene rings is 1. The Bertz CT molecular complexity index is 403. The van der Waals surface area contributed by atoms with Gasteiger partial charge in [-0.15, -0.1) is 0 Å². The van der Waals surface area contributed by atoms with Crippen molar-refractivity contribution in [2.45, 2.75) is 38.4 Å². The van der Waals surface area contributed by atoms with E-state index in [1.54, 1.807) is 6.92 Å². The lowest BCUT2D eigenvalue weighted by atomic mass is 10.1. The van der Waals surface area contributed by atoms with Crippen molar-refractivity contribution < 1.29 is 14.6 Å². The van der Waals surface area contributed by atoms with Crippen molar-refractivity contribution in [1.82, 2.24) is 5.32 Å². The molecule has 2 rings (SSSR count). The van der Waals surface area contributed by atoms with E-state index in [1.807, 2.05) is 30.3 Å². The van der Waals surface area contributed by atoms with Gasteiger partial charge in [0.15, 0.2) is 6.10 Å². The van der Waals surface area contributed by atoms with E-state index in [-0.39, 0.29) is 12.0 Å². The number of ether oxygens (including phenoxy) is 1. The zero-order chi connectivity index (χ0) is 13.7. The standard InChI is InChI=1S/C15H21NO3/c1-11(19-13-5-3-2-4-6-13)15(18)16-10-9-14(17)12-7-8-12/h2-6,11-12,14,17H,7-10H2,1H3,(H,16,18)/t11-,14-/m0/s1. The first-order valence-corrected chi connectivity index (χ1v) is 6.84. The molecule has 0 saturated heterocycles. The first-order chi connectivity index (χ1) is 9.16. The molecule has 0 spiro atoms. The third-order valence-electron chi connectivity index (χ3n) is 3.33. The fourth-order valence-corrected chi connectivity index (χ4v) is 1.96. The molecule has 1 fully saturated rings. The van der Waals surface area contributed by atoms with Crippen LogP contribution in [0.5, 0.6) is 5.75 Å². The van der Waals surface area contributed by atoms with Crippen LogP contribution in [0.2, 0.25) is 0 Å². The molecule has 19 heavy (non-hydrogen) atoms. The second-order valence-electron chi connectivity index (χ2n) is 5.06. The minimum absolute atomic E-state index is 0.146. The van der Waals surface area contributed by atoms with Crippen LogP contribution in [0.1, 0.15) is 26.2 Å². The second-order valence-corrected chi connectivity index (χ2v) is 5.06. The molecule has 0 radical (unpaired) electrons. The van der Waals surface area contributed by atoms with Crippen molar-refractivity contribution in [3.05, 3.63) is 30.3 Å². The number of carbonyl (C=O) groups excluding carboxylic acids is 1. The van der Waals surface area contributed by atoms with Crippen molar-refractivity contribution in [3.8, 4) is 5.75 Å². The highest BCUT2D eigenvalue weighted by molar-refractivity contribution is 5.80. The summed E-state index contributed by atoms with van der Waals surface area (Å²) in [6.07, 6.45) is 2.05. The van der Waals surface area contributed by atoms with Gasteiger partial charge in [0.25, 0.3) is 5.91 Å². The predicted molar refractivity (Wildman–Crippen MR) is 72.9 cm³/mol. The number of rotatable bonds is 7. The van der Waals surface area contributed by atoms with Crippen LogP contribution in [0.25, 0.3) is 0 Å². The molecule has 1 aromatic rings. The molecule has 4 nitrogen and oxygen atoms in total. The van der Waals surface area contributed by atoms with E-state index >= 15 is 0 Å². The van der Waals surface area contributed by atoms with Crippen molar-refractivity contribution >= 4 is 5.91 Å². The van der Waals surface area contributed by atoms with E-state index in [2.05, 4.69) is 5.32 Å². The number of amides is 1. The maximum atomic E-state index is 11.8. The van der Waals surface area contributed by atoms with Gasteiger partial charge < -0.3 is 15.2 Å². The van der Waals surface area contributed by atoms with Crippen molar-refractivity contribution in [3.63, 3.8) is 0 Å². The van der Waals surface area contributed by atoms with Gasteiger partial charge in [0.05, 0.1) is 6.10 Å². The van der Waals surface area contributed by atoms with Crippen LogP contribution in [-0.4, -0.2) is 29.8 Å². The van der Waals surface area contributed by atoms with E-state index < -0.39 is 6.10 Å². The van der Waals surface area contributed by atoms with Gasteiger partial charge in [-0.2, -0.15) is 0 Å². The number of hydrogen-bond acceptors (Lipinski definition) is 3. The van der Waals surface area contributed by atoms with Crippen LogP contribution in [-0.2, 0) is 4.79 Å². The van der Waals surface area contributed by atoms with E-state index in [4.69, 9.17) is 4.74 Å². The van der Waals surface area contributed by atoms with Gasteiger partial charge in [0.2, 0.25) is 0 Å². The number of aliphatic hydroxyl groups is 1. The zero-order valence-electron chi connectivity index (χ0n) is 11.2. The monoisotopic (exact) mass is 263 g/mol. The Kier molecular flexibility index (Phi) is 4.80. The average molecular weight is 263 g/mol. The summed E-state index contributed by atoms with van der Waals surface area (Å²) < 4.78 is 5.52. The molecular formula is C15H21NO3. The van der Waals surface area contributed by atoms with Crippen LogP contribution in [0.15, 0.2) is 30.3 Å². The van der Waals surface area contributed by atoms with Gasteiger partial charge in [-0.05, 0) is 44.2 Å². The summed E-state index contributed by atoms with van der Waals surface area (Å²) in [5, 5.41) is 12.5. The molecule has 2 atom stereocenters. The van der Waals surface area contributed by atoms with Crippen LogP contribution >= 0.6 is 0 Å². The number of para-hydroxylation sites is 1. The Hall–Kier alpha value is -1.55. The van der Waals surface area contributed by atoms with Crippen molar-refractivity contribution in [2.24, 2.45) is 5.92 Å². The summed E-state index contributed by atoms with van der Waals surface area (Å²) >= 11 is 0. The molecule has 2 N–H and O–H groups in total. The van der Waals surface area contributed by atoms with E-state index in [0.717, 1.165) is 12.8 Å². The van der Waals surface area contributed by atoms with Crippen molar-refractivity contribution in [2.75, 3.05) is 6.54 Å². The van der Waals surface area contributed by atoms with Gasteiger partial charge >= 0.3 is 0 Å². The number of aliphatic hydroxyl groups excluding tert-OH is 1. The lowest BCUT2D eigenvalue weighted by Gasteiger charge is -2.15. The molecule has 0 aliphatic heterocycles. The fraction of sp³-hybridized carbons (Fsp3) is 0.533. The van der Waals surface area contributed by atoms with Crippen LogP contribution < -0.4 is 10.1 Å². The van der Waals surface area contributed by atoms with Crippen LogP contribution in [0, 0.1) is 5.92 Å². The predicted octanol–water partition coefficient (Wildman–Crippen LogP) is 1.73. The Morgan fingerprint density at radius 1 is 1.42 bits per heavy atom. The largest absolute Gasteiger partial charge is 0.481 e. The fourth-order valence-electron chi connectivity index (χ4n) is 1.96. The highest BCUT2D eigenvalue weighted by atomic mass is 16.5. The molecule has 1 aliphatic rings. The molecule has 0 unspecified atom stereocenters. The molecule has 0 aromatic heterocycles. The molecule has 0 bridgehead atoms. The summed E-state index contributed by atoms with van der Waals surface area (Å²) in [5.41, 5.74) is 0. The van der Waals surface area contributed by atoms with Gasteiger partial charge in [-0.25, -0.2) is 0 Å². The number of hydrogen-bond donors (Lipinski definition) is 2. The summed E-state index contributed by atoms with van der Waals surface area (Å²) in [6.45, 7) is 2.22. The molecule has 1 amide bonds. The Morgan fingerprint density at radius 2 is 2.11 bits per heavy atom. The summed E-state index contributed by atoms with van der Waals surface area (Å²) in [7, 11) is 0. The Labute approximate surface area is 113 Å². The SMILES string of the molecule is C[C@H](Oc1ccccc1)C(=O)NCC[C@H](O)C1CC1. The lowest BCUT2D eigenvalue weighted by Crippen LogP contribution is -2.37. The first-order valence-electron chi connectivity index (χ1n) is 6.84. The second kappa shape index (κ2) is 6.57.